The maximum atomic E-state index is 13.3. The summed E-state index contributed by atoms with van der Waals surface area (Å²) >= 11 is 0.574. The molecule has 4 saturated carbocycles. The molecule has 1 aromatic rings. The van der Waals surface area contributed by atoms with Crippen LogP contribution in [-0.4, -0.2) is 28.5 Å². The van der Waals surface area contributed by atoms with E-state index in [0.29, 0.717) is 23.2 Å². The highest BCUT2D eigenvalue weighted by Gasteiger charge is 2.64. The Morgan fingerprint density at radius 2 is 1.79 bits per heavy atom. The lowest BCUT2D eigenvalue weighted by Crippen LogP contribution is -2.62. The number of carbonyl (C=O) groups is 1. The van der Waals surface area contributed by atoms with Crippen LogP contribution >= 0.6 is 11.3 Å². The molecule has 4 fully saturated rings. The minimum atomic E-state index is -4.74. The highest BCUT2D eigenvalue weighted by Crippen LogP contribution is 2.61. The molecule has 6 rings (SSSR count). The van der Waals surface area contributed by atoms with Crippen LogP contribution in [-0.2, 0) is 36.8 Å². The molecular weight excluding hydrogens is 467 g/mol. The number of esters is 1. The number of nitrogens with zero attached hydrogens (tertiary/aromatic N) is 3. The van der Waals surface area contributed by atoms with Crippen molar-refractivity contribution in [1.29, 1.82) is 0 Å². The Hall–Kier alpha value is -2.25. The second kappa shape index (κ2) is 8.20. The number of azo groups is 1. The predicted molar refractivity (Wildman–Crippen MR) is 105 cm³/mol. The van der Waals surface area contributed by atoms with Crippen molar-refractivity contribution in [1.82, 2.24) is 4.98 Å². The van der Waals surface area contributed by atoms with Gasteiger partial charge in [0.25, 0.3) is 11.5 Å². The molecule has 0 radical (unpaired) electrons. The fourth-order valence-corrected chi connectivity index (χ4v) is 6.54. The SMILES string of the molecule is CCOOCc1sc(N=NC2=C(O)OC3(OC2=O)C2CC4CC(C2)CC3C4)nc1C(F)(F)F. The van der Waals surface area contributed by atoms with Crippen LogP contribution in [0.25, 0.3) is 0 Å². The number of aliphatic hydroxyl groups is 1. The van der Waals surface area contributed by atoms with Gasteiger partial charge in [0, 0.05) is 11.8 Å². The first kappa shape index (κ1) is 22.5. The smallest absolute Gasteiger partial charge is 0.434 e. The summed E-state index contributed by atoms with van der Waals surface area (Å²) < 4.78 is 51.3. The van der Waals surface area contributed by atoms with E-state index in [1.807, 2.05) is 0 Å². The summed E-state index contributed by atoms with van der Waals surface area (Å²) in [5.41, 5.74) is -1.79. The van der Waals surface area contributed by atoms with E-state index < -0.39 is 41.9 Å². The summed E-state index contributed by atoms with van der Waals surface area (Å²) in [4.78, 5) is 25.2. The minimum Gasteiger partial charge on any atom is -0.479 e. The molecule has 0 aromatic carbocycles. The van der Waals surface area contributed by atoms with E-state index in [-0.39, 0.29) is 28.5 Å². The molecule has 1 aromatic heterocycles. The second-order valence-corrected chi connectivity index (χ2v) is 9.87. The van der Waals surface area contributed by atoms with Gasteiger partial charge in [-0.1, -0.05) is 11.3 Å². The van der Waals surface area contributed by atoms with Crippen molar-refractivity contribution >= 4 is 22.4 Å². The van der Waals surface area contributed by atoms with Gasteiger partial charge < -0.3 is 14.6 Å². The van der Waals surface area contributed by atoms with Crippen LogP contribution in [0.2, 0.25) is 0 Å². The number of alkyl halides is 3. The zero-order valence-corrected chi connectivity index (χ0v) is 18.4. The number of halogens is 3. The molecule has 13 heteroatoms. The summed E-state index contributed by atoms with van der Waals surface area (Å²) in [6, 6.07) is 0. The maximum absolute atomic E-state index is 13.3. The van der Waals surface area contributed by atoms with Gasteiger partial charge in [-0.2, -0.15) is 13.2 Å². The van der Waals surface area contributed by atoms with Crippen molar-refractivity contribution in [2.75, 3.05) is 6.61 Å². The summed E-state index contributed by atoms with van der Waals surface area (Å²) in [5.74, 6) is -1.68. The average Bonchev–Trinajstić information content (AvgIpc) is 3.15. The van der Waals surface area contributed by atoms with Crippen LogP contribution in [0.5, 0.6) is 0 Å². The largest absolute Gasteiger partial charge is 0.479 e. The average molecular weight is 489 g/mol. The first-order valence-corrected chi connectivity index (χ1v) is 11.6. The topological polar surface area (TPSA) is 112 Å². The molecule has 0 saturated heterocycles. The third kappa shape index (κ3) is 3.99. The van der Waals surface area contributed by atoms with Gasteiger partial charge in [-0.05, 0) is 50.9 Å². The van der Waals surface area contributed by atoms with Crippen LogP contribution in [0.3, 0.4) is 0 Å². The number of ether oxygens (including phenoxy) is 2. The molecule has 0 amide bonds. The van der Waals surface area contributed by atoms with Crippen molar-refractivity contribution in [3.05, 3.63) is 22.2 Å². The molecule has 180 valence electrons. The van der Waals surface area contributed by atoms with Crippen LogP contribution in [0, 0.1) is 23.7 Å². The van der Waals surface area contributed by atoms with E-state index in [1.54, 1.807) is 6.92 Å². The molecule has 9 nitrogen and oxygen atoms in total. The fourth-order valence-electron chi connectivity index (χ4n) is 5.73. The van der Waals surface area contributed by atoms with Gasteiger partial charge in [0.1, 0.15) is 6.61 Å². The lowest BCUT2D eigenvalue weighted by atomic mass is 9.53. The number of hydrogen-bond donors (Lipinski definition) is 1. The van der Waals surface area contributed by atoms with E-state index in [1.165, 1.54) is 6.42 Å². The van der Waals surface area contributed by atoms with E-state index in [0.717, 1.165) is 25.7 Å². The molecule has 1 spiro atoms. The number of aromatic nitrogens is 1. The standard InChI is InChI=1S/C20H22F3N3O6S/c1-2-29-30-8-13-15(20(21,22)23)24-18(33-13)26-25-14-16(27)31-19(32-17(14)28)11-4-9-3-10(6-11)7-12(19)5-9/h9-12,27H,2-8H2,1H3. The number of hydrogen-bond acceptors (Lipinski definition) is 10. The molecule has 4 aliphatic carbocycles. The van der Waals surface area contributed by atoms with Gasteiger partial charge in [0.2, 0.25) is 5.13 Å². The Bertz CT molecular complexity index is 980. The van der Waals surface area contributed by atoms with Crippen LogP contribution in [0.1, 0.15) is 49.6 Å². The zero-order valence-electron chi connectivity index (χ0n) is 17.6. The lowest BCUT2D eigenvalue weighted by molar-refractivity contribution is -0.325. The highest BCUT2D eigenvalue weighted by molar-refractivity contribution is 7.15. The molecule has 0 atom stereocenters. The molecule has 4 bridgehead atoms. The Kier molecular flexibility index (Phi) is 5.60. The van der Waals surface area contributed by atoms with Gasteiger partial charge in [-0.3, -0.25) is 0 Å². The van der Waals surface area contributed by atoms with Crippen molar-refractivity contribution in [2.45, 2.75) is 57.6 Å². The molecule has 33 heavy (non-hydrogen) atoms. The Labute approximate surface area is 190 Å². The lowest BCUT2D eigenvalue weighted by Gasteiger charge is -2.59. The Morgan fingerprint density at radius 3 is 2.36 bits per heavy atom. The van der Waals surface area contributed by atoms with E-state index in [9.17, 15) is 23.1 Å². The summed E-state index contributed by atoms with van der Waals surface area (Å²) in [7, 11) is 0. The van der Waals surface area contributed by atoms with Gasteiger partial charge >= 0.3 is 18.1 Å². The molecule has 0 unspecified atom stereocenters. The Morgan fingerprint density at radius 1 is 1.12 bits per heavy atom. The number of rotatable bonds is 6. The molecule has 2 heterocycles. The third-order valence-electron chi connectivity index (χ3n) is 6.76. The summed E-state index contributed by atoms with van der Waals surface area (Å²) in [6.45, 7) is 1.30. The highest BCUT2D eigenvalue weighted by atomic mass is 32.1. The van der Waals surface area contributed by atoms with Crippen molar-refractivity contribution in [3.63, 3.8) is 0 Å². The van der Waals surface area contributed by atoms with E-state index in [4.69, 9.17) is 14.4 Å². The quantitative estimate of drug-likeness (QED) is 0.193. The van der Waals surface area contributed by atoms with Crippen LogP contribution < -0.4 is 0 Å². The number of carbonyl (C=O) groups excluding carboxylic acids is 1. The van der Waals surface area contributed by atoms with Gasteiger partial charge in [0.15, 0.2) is 5.69 Å². The van der Waals surface area contributed by atoms with E-state index >= 15 is 0 Å². The number of aliphatic hydroxyl groups excluding tert-OH is 1. The minimum absolute atomic E-state index is 0.000423. The molecule has 5 aliphatic rings. The normalized spacial score (nSPS) is 33.3. The van der Waals surface area contributed by atoms with Gasteiger partial charge in [0.05, 0.1) is 11.5 Å². The van der Waals surface area contributed by atoms with Crippen molar-refractivity contribution in [2.24, 2.45) is 33.9 Å². The molecular formula is C20H22F3N3O6S. The molecule has 1 N–H and O–H groups in total. The Balaban J connectivity index is 1.37. The first-order chi connectivity index (χ1) is 15.7. The van der Waals surface area contributed by atoms with Crippen LogP contribution in [0.15, 0.2) is 21.9 Å². The van der Waals surface area contributed by atoms with Gasteiger partial charge in [-0.15, -0.1) is 10.2 Å². The van der Waals surface area contributed by atoms with E-state index in [2.05, 4.69) is 20.1 Å². The van der Waals surface area contributed by atoms with Gasteiger partial charge in [-0.25, -0.2) is 19.6 Å². The summed E-state index contributed by atoms with van der Waals surface area (Å²) in [6.07, 6.45) is -0.0711. The maximum Gasteiger partial charge on any atom is 0.434 e. The monoisotopic (exact) mass is 489 g/mol. The second-order valence-electron chi connectivity index (χ2n) is 8.81. The third-order valence-corrected chi connectivity index (χ3v) is 7.67. The van der Waals surface area contributed by atoms with Crippen molar-refractivity contribution < 1.29 is 42.3 Å². The first-order valence-electron chi connectivity index (χ1n) is 10.8. The summed E-state index contributed by atoms with van der Waals surface area (Å²) in [5, 5.41) is 17.3. The fraction of sp³-hybridized carbons (Fsp3) is 0.700. The zero-order chi connectivity index (χ0) is 23.4. The van der Waals surface area contributed by atoms with Crippen molar-refractivity contribution in [3.8, 4) is 0 Å². The predicted octanol–water partition coefficient (Wildman–Crippen LogP) is 5.17. The molecule has 1 aliphatic heterocycles. The van der Waals surface area contributed by atoms with Crippen LogP contribution in [0.4, 0.5) is 18.3 Å². The number of thiazole rings is 1.